The van der Waals surface area contributed by atoms with Crippen LogP contribution in [0.15, 0.2) is 79.0 Å². The summed E-state index contributed by atoms with van der Waals surface area (Å²) >= 11 is 0. The first-order chi connectivity index (χ1) is 12.8. The maximum Gasteiger partial charge on any atom is 0.252 e. The minimum Gasteiger partial charge on any atom is -0.352 e. The molecular formula is C22H23N3O. The summed E-state index contributed by atoms with van der Waals surface area (Å²) in [4.78, 5) is 18.8. The third kappa shape index (κ3) is 4.48. The second-order valence-electron chi connectivity index (χ2n) is 6.07. The summed E-state index contributed by atoms with van der Waals surface area (Å²) in [5.74, 6) is 0.729. The van der Waals surface area contributed by atoms with Crippen LogP contribution in [-0.2, 0) is 6.54 Å². The number of rotatable bonds is 7. The fourth-order valence-corrected chi connectivity index (χ4v) is 2.70. The average molecular weight is 345 g/mol. The van der Waals surface area contributed by atoms with Crippen LogP contribution in [0.4, 0.5) is 11.5 Å². The molecule has 26 heavy (non-hydrogen) atoms. The Balaban J connectivity index is 1.86. The Hall–Kier alpha value is -3.14. The van der Waals surface area contributed by atoms with Crippen molar-refractivity contribution >= 4 is 17.4 Å². The minimum atomic E-state index is -0.0831. The lowest BCUT2D eigenvalue weighted by Gasteiger charge is -2.24. The van der Waals surface area contributed by atoms with Gasteiger partial charge in [0.15, 0.2) is 0 Å². The molecule has 0 spiro atoms. The number of hydrogen-bond acceptors (Lipinski definition) is 3. The standard InChI is InChI=1S/C22H23N3O/c1-2-15-23-22(26)19-13-14-21(24-16-19)25(20-11-7-4-8-12-20)17-18-9-5-3-6-10-18/h3-14,16H,2,15,17H2,1H3,(H,23,26). The Labute approximate surface area is 154 Å². The van der Waals surface area contributed by atoms with Gasteiger partial charge in [0.2, 0.25) is 0 Å². The largest absolute Gasteiger partial charge is 0.352 e. The van der Waals surface area contributed by atoms with Gasteiger partial charge in [-0.25, -0.2) is 4.98 Å². The maximum atomic E-state index is 12.1. The Bertz CT molecular complexity index is 817. The van der Waals surface area contributed by atoms with Gasteiger partial charge in [0.25, 0.3) is 5.91 Å². The molecule has 0 aliphatic rings. The van der Waals surface area contributed by atoms with E-state index in [0.29, 0.717) is 18.7 Å². The van der Waals surface area contributed by atoms with Crippen molar-refractivity contribution in [1.82, 2.24) is 10.3 Å². The highest BCUT2D eigenvalue weighted by Crippen LogP contribution is 2.25. The van der Waals surface area contributed by atoms with Crippen LogP contribution in [0.1, 0.15) is 29.3 Å². The first-order valence-electron chi connectivity index (χ1n) is 8.88. The highest BCUT2D eigenvalue weighted by atomic mass is 16.1. The molecule has 1 heterocycles. The van der Waals surface area contributed by atoms with Crippen LogP contribution in [0.25, 0.3) is 0 Å². The number of carbonyl (C=O) groups is 1. The second-order valence-corrected chi connectivity index (χ2v) is 6.07. The van der Waals surface area contributed by atoms with Gasteiger partial charge < -0.3 is 10.2 Å². The molecule has 0 radical (unpaired) electrons. The summed E-state index contributed by atoms with van der Waals surface area (Å²) in [5.41, 5.74) is 2.84. The van der Waals surface area contributed by atoms with Gasteiger partial charge in [0, 0.05) is 25.0 Å². The van der Waals surface area contributed by atoms with Crippen LogP contribution in [0.3, 0.4) is 0 Å². The summed E-state index contributed by atoms with van der Waals surface area (Å²) in [7, 11) is 0. The third-order valence-corrected chi connectivity index (χ3v) is 4.07. The lowest BCUT2D eigenvalue weighted by molar-refractivity contribution is 0.0953. The highest BCUT2D eigenvalue weighted by Gasteiger charge is 2.13. The molecule has 1 amide bonds. The van der Waals surface area contributed by atoms with Gasteiger partial charge >= 0.3 is 0 Å². The number of benzene rings is 2. The second kappa shape index (κ2) is 8.81. The monoisotopic (exact) mass is 345 g/mol. The zero-order valence-corrected chi connectivity index (χ0v) is 14.9. The number of pyridine rings is 1. The molecule has 0 fully saturated rings. The summed E-state index contributed by atoms with van der Waals surface area (Å²) in [6, 6.07) is 24.2. The molecular weight excluding hydrogens is 322 g/mol. The van der Waals surface area contributed by atoms with Crippen molar-refractivity contribution in [3.63, 3.8) is 0 Å². The lowest BCUT2D eigenvalue weighted by Crippen LogP contribution is -2.24. The number of anilines is 2. The highest BCUT2D eigenvalue weighted by molar-refractivity contribution is 5.94. The smallest absolute Gasteiger partial charge is 0.252 e. The Morgan fingerprint density at radius 1 is 0.962 bits per heavy atom. The maximum absolute atomic E-state index is 12.1. The van der Waals surface area contributed by atoms with Crippen LogP contribution in [0, 0.1) is 0 Å². The molecule has 3 aromatic rings. The van der Waals surface area contributed by atoms with E-state index in [9.17, 15) is 4.79 Å². The van der Waals surface area contributed by atoms with E-state index in [0.717, 1.165) is 17.9 Å². The molecule has 1 aromatic heterocycles. The molecule has 4 heteroatoms. The van der Waals surface area contributed by atoms with Gasteiger partial charge in [-0.15, -0.1) is 0 Å². The zero-order chi connectivity index (χ0) is 18.2. The van der Waals surface area contributed by atoms with Crippen LogP contribution in [0.5, 0.6) is 0 Å². The van der Waals surface area contributed by atoms with Crippen molar-refractivity contribution in [2.75, 3.05) is 11.4 Å². The number of aromatic nitrogens is 1. The molecule has 0 saturated heterocycles. The number of carbonyl (C=O) groups excluding carboxylic acids is 1. The molecule has 0 unspecified atom stereocenters. The van der Waals surface area contributed by atoms with Crippen molar-refractivity contribution in [2.24, 2.45) is 0 Å². The molecule has 132 valence electrons. The molecule has 3 rings (SSSR count). The van der Waals surface area contributed by atoms with E-state index in [1.807, 2.05) is 55.5 Å². The van der Waals surface area contributed by atoms with E-state index in [1.165, 1.54) is 5.56 Å². The molecule has 0 atom stereocenters. The van der Waals surface area contributed by atoms with E-state index in [1.54, 1.807) is 6.20 Å². The van der Waals surface area contributed by atoms with Gasteiger partial charge in [-0.2, -0.15) is 0 Å². The summed E-state index contributed by atoms with van der Waals surface area (Å²) in [6.07, 6.45) is 2.55. The van der Waals surface area contributed by atoms with Crippen molar-refractivity contribution in [3.05, 3.63) is 90.1 Å². The molecule has 0 saturated carbocycles. The molecule has 0 bridgehead atoms. The van der Waals surface area contributed by atoms with E-state index >= 15 is 0 Å². The lowest BCUT2D eigenvalue weighted by atomic mass is 10.2. The van der Waals surface area contributed by atoms with Crippen molar-refractivity contribution in [2.45, 2.75) is 19.9 Å². The van der Waals surface area contributed by atoms with Crippen LogP contribution >= 0.6 is 0 Å². The molecule has 2 aromatic carbocycles. The average Bonchev–Trinajstić information content (AvgIpc) is 2.72. The normalized spacial score (nSPS) is 10.3. The number of amides is 1. The summed E-state index contributed by atoms with van der Waals surface area (Å²) in [5, 5.41) is 2.88. The van der Waals surface area contributed by atoms with Gasteiger partial charge in [0.05, 0.1) is 5.56 Å². The molecule has 4 nitrogen and oxygen atoms in total. The molecule has 0 aliphatic carbocycles. The van der Waals surface area contributed by atoms with Gasteiger partial charge in [0.1, 0.15) is 5.82 Å². The van der Waals surface area contributed by atoms with E-state index in [4.69, 9.17) is 0 Å². The molecule has 0 aliphatic heterocycles. The van der Waals surface area contributed by atoms with Crippen LogP contribution < -0.4 is 10.2 Å². The van der Waals surface area contributed by atoms with Crippen LogP contribution in [-0.4, -0.2) is 17.4 Å². The Morgan fingerprint density at radius 3 is 2.27 bits per heavy atom. The fourth-order valence-electron chi connectivity index (χ4n) is 2.70. The number of nitrogens with one attached hydrogen (secondary N) is 1. The fraction of sp³-hybridized carbons (Fsp3) is 0.182. The predicted molar refractivity (Wildman–Crippen MR) is 106 cm³/mol. The van der Waals surface area contributed by atoms with E-state index < -0.39 is 0 Å². The summed E-state index contributed by atoms with van der Waals surface area (Å²) < 4.78 is 0. The number of nitrogens with zero attached hydrogens (tertiary/aromatic N) is 2. The summed E-state index contributed by atoms with van der Waals surface area (Å²) in [6.45, 7) is 3.41. The van der Waals surface area contributed by atoms with Crippen LogP contribution in [0.2, 0.25) is 0 Å². The van der Waals surface area contributed by atoms with Crippen molar-refractivity contribution < 1.29 is 4.79 Å². The number of hydrogen-bond donors (Lipinski definition) is 1. The van der Waals surface area contributed by atoms with Crippen molar-refractivity contribution in [3.8, 4) is 0 Å². The van der Waals surface area contributed by atoms with Gasteiger partial charge in [-0.3, -0.25) is 4.79 Å². The predicted octanol–water partition coefficient (Wildman–Crippen LogP) is 4.56. The quantitative estimate of drug-likeness (QED) is 0.683. The first-order valence-corrected chi connectivity index (χ1v) is 8.88. The van der Waals surface area contributed by atoms with E-state index in [-0.39, 0.29) is 5.91 Å². The topological polar surface area (TPSA) is 45.2 Å². The third-order valence-electron chi connectivity index (χ3n) is 4.07. The first kappa shape index (κ1) is 17.7. The van der Waals surface area contributed by atoms with E-state index in [2.05, 4.69) is 39.5 Å². The van der Waals surface area contributed by atoms with Crippen molar-refractivity contribution in [1.29, 1.82) is 0 Å². The Morgan fingerprint density at radius 2 is 1.65 bits per heavy atom. The molecule has 1 N–H and O–H groups in total. The zero-order valence-electron chi connectivity index (χ0n) is 14.9. The number of para-hydroxylation sites is 1. The van der Waals surface area contributed by atoms with Gasteiger partial charge in [-0.05, 0) is 36.2 Å². The SMILES string of the molecule is CCCNC(=O)c1ccc(N(Cc2ccccc2)c2ccccc2)nc1. The minimum absolute atomic E-state index is 0.0831. The Kier molecular flexibility index (Phi) is 5.99. The van der Waals surface area contributed by atoms with Gasteiger partial charge in [-0.1, -0.05) is 55.5 Å².